The molecule has 4 rings (SSSR count). The third-order valence-electron chi connectivity index (χ3n) is 6.96. The van der Waals surface area contributed by atoms with E-state index in [4.69, 9.17) is 18.9 Å². The summed E-state index contributed by atoms with van der Waals surface area (Å²) in [7, 11) is 3.22. The van der Waals surface area contributed by atoms with Gasteiger partial charge in [0.2, 0.25) is 5.91 Å². The van der Waals surface area contributed by atoms with Gasteiger partial charge in [-0.05, 0) is 49.5 Å². The van der Waals surface area contributed by atoms with Crippen LogP contribution in [0.1, 0.15) is 29.9 Å². The molecule has 8 heteroatoms. The molecule has 208 valence electrons. The SMILES string of the molecule is COCCOCOc1c(/C=C/C=C/C(=O)NCCN2CCC(c3c[nH]c4ccccc34)CC2)cccc1OC. The number of fused-ring (bicyclic) bond motifs is 1. The van der Waals surface area contributed by atoms with Crippen LogP contribution >= 0.6 is 0 Å². The van der Waals surface area contributed by atoms with Crippen LogP contribution in [0.3, 0.4) is 0 Å². The number of methoxy groups -OCH3 is 2. The standard InChI is InChI=1S/C31H39N3O5/c1-36-20-21-38-23-39-31-25(9-7-12-29(31)37-2)8-3-6-13-30(35)32-16-19-34-17-14-24(15-18-34)27-22-33-28-11-5-4-10-26(27)28/h3-13,22,24,33H,14-21,23H2,1-2H3,(H,32,35)/b8-3+,13-6+. The fourth-order valence-corrected chi connectivity index (χ4v) is 4.88. The minimum atomic E-state index is -0.109. The number of nitrogens with one attached hydrogen (secondary N) is 2. The molecule has 39 heavy (non-hydrogen) atoms. The molecule has 3 aromatic rings. The number of hydrogen-bond acceptors (Lipinski definition) is 6. The summed E-state index contributed by atoms with van der Waals surface area (Å²) in [6.07, 6.45) is 11.4. The first-order valence-electron chi connectivity index (χ1n) is 13.5. The normalized spacial score (nSPS) is 14.9. The van der Waals surface area contributed by atoms with Gasteiger partial charge in [0.05, 0.1) is 20.3 Å². The quantitative estimate of drug-likeness (QED) is 0.135. The van der Waals surface area contributed by atoms with Crippen LogP contribution < -0.4 is 14.8 Å². The fourth-order valence-electron chi connectivity index (χ4n) is 4.88. The number of benzene rings is 2. The van der Waals surface area contributed by atoms with Gasteiger partial charge in [-0.3, -0.25) is 4.79 Å². The number of likely N-dealkylation sites (tertiary alicyclic amines) is 1. The Morgan fingerprint density at radius 1 is 1.08 bits per heavy atom. The average Bonchev–Trinajstić information content (AvgIpc) is 3.40. The van der Waals surface area contributed by atoms with E-state index in [9.17, 15) is 4.79 Å². The van der Waals surface area contributed by atoms with Gasteiger partial charge >= 0.3 is 0 Å². The van der Waals surface area contributed by atoms with Crippen LogP contribution in [-0.4, -0.2) is 76.2 Å². The van der Waals surface area contributed by atoms with Gasteiger partial charge in [0.15, 0.2) is 18.3 Å². The molecule has 1 saturated heterocycles. The van der Waals surface area contributed by atoms with E-state index < -0.39 is 0 Å². The zero-order valence-corrected chi connectivity index (χ0v) is 22.9. The smallest absolute Gasteiger partial charge is 0.244 e. The summed E-state index contributed by atoms with van der Waals surface area (Å²) in [4.78, 5) is 18.1. The summed E-state index contributed by atoms with van der Waals surface area (Å²) < 4.78 is 21.6. The summed E-state index contributed by atoms with van der Waals surface area (Å²) in [5.41, 5.74) is 3.46. The van der Waals surface area contributed by atoms with Gasteiger partial charge in [-0.15, -0.1) is 0 Å². The molecule has 1 aliphatic heterocycles. The van der Waals surface area contributed by atoms with Gasteiger partial charge in [-0.25, -0.2) is 0 Å². The predicted molar refractivity (Wildman–Crippen MR) is 154 cm³/mol. The molecule has 2 heterocycles. The number of piperidine rings is 1. The molecule has 0 saturated carbocycles. The molecule has 1 fully saturated rings. The highest BCUT2D eigenvalue weighted by atomic mass is 16.7. The number of rotatable bonds is 14. The van der Waals surface area contributed by atoms with Gasteiger partial charge in [-0.2, -0.15) is 0 Å². The van der Waals surface area contributed by atoms with E-state index in [1.165, 1.54) is 22.5 Å². The van der Waals surface area contributed by atoms with Crippen molar-refractivity contribution in [1.29, 1.82) is 0 Å². The van der Waals surface area contributed by atoms with Gasteiger partial charge in [0.25, 0.3) is 0 Å². The van der Waals surface area contributed by atoms with Crippen molar-refractivity contribution >= 4 is 22.9 Å². The molecule has 0 radical (unpaired) electrons. The summed E-state index contributed by atoms with van der Waals surface area (Å²) in [6.45, 7) is 4.59. The van der Waals surface area contributed by atoms with Crippen molar-refractivity contribution in [2.75, 3.05) is 60.4 Å². The monoisotopic (exact) mass is 533 g/mol. The third kappa shape index (κ3) is 8.20. The minimum Gasteiger partial charge on any atom is -0.493 e. The fraction of sp³-hybridized carbons (Fsp3) is 0.387. The average molecular weight is 534 g/mol. The van der Waals surface area contributed by atoms with E-state index in [2.05, 4.69) is 45.7 Å². The molecular weight excluding hydrogens is 494 g/mol. The molecule has 1 amide bonds. The van der Waals surface area contributed by atoms with Gasteiger partial charge in [0.1, 0.15) is 0 Å². The van der Waals surface area contributed by atoms with Gasteiger partial charge < -0.3 is 34.1 Å². The van der Waals surface area contributed by atoms with E-state index in [0.717, 1.165) is 38.0 Å². The highest BCUT2D eigenvalue weighted by Crippen LogP contribution is 2.33. The van der Waals surface area contributed by atoms with E-state index in [1.54, 1.807) is 20.3 Å². The van der Waals surface area contributed by atoms with Crippen molar-refractivity contribution in [1.82, 2.24) is 15.2 Å². The predicted octanol–water partition coefficient (Wildman–Crippen LogP) is 4.74. The lowest BCUT2D eigenvalue weighted by Gasteiger charge is -2.31. The topological polar surface area (TPSA) is 85.1 Å². The number of aromatic amines is 1. The number of H-pyrrole nitrogens is 1. The minimum absolute atomic E-state index is 0.0868. The Morgan fingerprint density at radius 3 is 2.74 bits per heavy atom. The Hall–Kier alpha value is -3.59. The molecule has 0 bridgehead atoms. The molecule has 1 aliphatic rings. The van der Waals surface area contributed by atoms with E-state index >= 15 is 0 Å². The lowest BCUT2D eigenvalue weighted by molar-refractivity contribution is -0.116. The number of carbonyl (C=O) groups is 1. The molecule has 2 N–H and O–H groups in total. The Kier molecular flexibility index (Phi) is 11.0. The second kappa shape index (κ2) is 15.1. The lowest BCUT2D eigenvalue weighted by Crippen LogP contribution is -2.38. The van der Waals surface area contributed by atoms with Crippen LogP contribution in [0.5, 0.6) is 11.5 Å². The van der Waals surface area contributed by atoms with E-state index in [0.29, 0.717) is 37.2 Å². The molecule has 1 aromatic heterocycles. The second-order valence-electron chi connectivity index (χ2n) is 9.46. The van der Waals surface area contributed by atoms with Crippen LogP contribution in [0, 0.1) is 0 Å². The van der Waals surface area contributed by atoms with Crippen LogP contribution in [0.4, 0.5) is 0 Å². The van der Waals surface area contributed by atoms with E-state index in [-0.39, 0.29) is 12.7 Å². The lowest BCUT2D eigenvalue weighted by atomic mass is 9.89. The molecule has 0 unspecified atom stereocenters. The van der Waals surface area contributed by atoms with Crippen molar-refractivity contribution in [2.24, 2.45) is 0 Å². The highest BCUT2D eigenvalue weighted by Gasteiger charge is 2.22. The number of aromatic nitrogens is 1. The van der Waals surface area contributed by atoms with Crippen LogP contribution in [-0.2, 0) is 14.3 Å². The Balaban J connectivity index is 1.18. The maximum atomic E-state index is 12.3. The van der Waals surface area contributed by atoms with Crippen LogP contribution in [0.15, 0.2) is 66.9 Å². The van der Waals surface area contributed by atoms with Crippen molar-refractivity contribution in [3.8, 4) is 11.5 Å². The third-order valence-corrected chi connectivity index (χ3v) is 6.96. The van der Waals surface area contributed by atoms with Crippen molar-refractivity contribution in [3.63, 3.8) is 0 Å². The number of ether oxygens (including phenoxy) is 4. The number of hydrogen-bond donors (Lipinski definition) is 2. The molecular formula is C31H39N3O5. The number of nitrogens with zero attached hydrogens (tertiary/aromatic N) is 1. The zero-order chi connectivity index (χ0) is 27.3. The first-order valence-corrected chi connectivity index (χ1v) is 13.5. The summed E-state index contributed by atoms with van der Waals surface area (Å²) >= 11 is 0. The maximum absolute atomic E-state index is 12.3. The van der Waals surface area contributed by atoms with Crippen LogP contribution in [0.25, 0.3) is 17.0 Å². The summed E-state index contributed by atoms with van der Waals surface area (Å²) in [6, 6.07) is 14.1. The number of amides is 1. The molecule has 8 nitrogen and oxygen atoms in total. The molecule has 0 aliphatic carbocycles. The Bertz CT molecular complexity index is 1240. The zero-order valence-electron chi connectivity index (χ0n) is 22.9. The number of para-hydroxylation sites is 2. The second-order valence-corrected chi connectivity index (χ2v) is 9.46. The maximum Gasteiger partial charge on any atom is 0.244 e. The van der Waals surface area contributed by atoms with Crippen molar-refractivity contribution < 1.29 is 23.7 Å². The highest BCUT2D eigenvalue weighted by molar-refractivity contribution is 5.88. The first kappa shape index (κ1) is 28.4. The molecule has 0 atom stereocenters. The van der Waals surface area contributed by atoms with Crippen LogP contribution in [0.2, 0.25) is 0 Å². The van der Waals surface area contributed by atoms with Crippen molar-refractivity contribution in [2.45, 2.75) is 18.8 Å². The number of allylic oxidation sites excluding steroid dienone is 2. The van der Waals surface area contributed by atoms with E-state index in [1.807, 2.05) is 30.4 Å². The Morgan fingerprint density at radius 2 is 1.92 bits per heavy atom. The summed E-state index contributed by atoms with van der Waals surface area (Å²) in [5.74, 6) is 1.67. The first-order chi connectivity index (χ1) is 19.2. The van der Waals surface area contributed by atoms with Crippen molar-refractivity contribution in [3.05, 3.63) is 78.0 Å². The Labute approximate surface area is 230 Å². The number of carbonyl (C=O) groups excluding carboxylic acids is 1. The molecule has 0 spiro atoms. The largest absolute Gasteiger partial charge is 0.493 e. The van der Waals surface area contributed by atoms with Gasteiger partial charge in [0, 0.05) is 48.9 Å². The van der Waals surface area contributed by atoms with Gasteiger partial charge in [-0.1, -0.05) is 48.6 Å². The molecule has 2 aromatic carbocycles. The summed E-state index contributed by atoms with van der Waals surface area (Å²) in [5, 5.41) is 4.33.